The molecule has 3 heterocycles. The number of methoxy groups -OCH3 is 2. The van der Waals surface area contributed by atoms with Crippen LogP contribution in [-0.2, 0) is 6.42 Å². The van der Waals surface area contributed by atoms with Gasteiger partial charge >= 0.3 is 0 Å². The summed E-state index contributed by atoms with van der Waals surface area (Å²) in [5.74, 6) is 2.66. The Kier molecular flexibility index (Phi) is 6.11. The van der Waals surface area contributed by atoms with Gasteiger partial charge in [0.25, 0.3) is 0 Å². The van der Waals surface area contributed by atoms with Gasteiger partial charge in [0.1, 0.15) is 12.4 Å². The Morgan fingerprint density at radius 3 is 2.72 bits per heavy atom. The molecule has 0 aromatic heterocycles. The molecule has 32 heavy (non-hydrogen) atoms. The number of nitrogens with zero attached hydrogens (tertiary/aromatic N) is 2. The van der Waals surface area contributed by atoms with Crippen molar-refractivity contribution in [3.8, 4) is 17.2 Å². The summed E-state index contributed by atoms with van der Waals surface area (Å²) >= 11 is 0. The van der Waals surface area contributed by atoms with Crippen LogP contribution in [0.1, 0.15) is 42.5 Å². The fourth-order valence-electron chi connectivity index (χ4n) is 5.65. The molecule has 0 spiro atoms. The van der Waals surface area contributed by atoms with Gasteiger partial charge in [-0.25, -0.2) is 0 Å². The molecule has 2 atom stereocenters. The van der Waals surface area contributed by atoms with E-state index < -0.39 is 0 Å². The molecule has 5 heteroatoms. The minimum Gasteiger partial charge on any atom is -0.493 e. The molecule has 1 saturated heterocycles. The molecule has 2 aromatic rings. The topological polar surface area (TPSA) is 34.2 Å². The van der Waals surface area contributed by atoms with Crippen LogP contribution in [0.2, 0.25) is 0 Å². The zero-order valence-electron chi connectivity index (χ0n) is 19.5. The number of rotatable bonds is 5. The van der Waals surface area contributed by atoms with Crippen molar-refractivity contribution in [3.05, 3.63) is 58.7 Å². The fraction of sp³-hybridized carbons (Fsp3) is 0.481. The largest absolute Gasteiger partial charge is 0.493 e. The lowest BCUT2D eigenvalue weighted by Gasteiger charge is -2.45. The zero-order chi connectivity index (χ0) is 22.1. The molecule has 1 fully saturated rings. The smallest absolute Gasteiger partial charge is 0.161 e. The van der Waals surface area contributed by atoms with Crippen molar-refractivity contribution >= 4 is 6.08 Å². The third-order valence-corrected chi connectivity index (χ3v) is 7.30. The van der Waals surface area contributed by atoms with E-state index in [1.165, 1.54) is 41.6 Å². The summed E-state index contributed by atoms with van der Waals surface area (Å²) in [5.41, 5.74) is 5.35. The Bertz CT molecular complexity index is 1000. The van der Waals surface area contributed by atoms with Gasteiger partial charge in [-0.2, -0.15) is 0 Å². The van der Waals surface area contributed by atoms with Crippen molar-refractivity contribution in [2.24, 2.45) is 0 Å². The maximum Gasteiger partial charge on any atom is 0.161 e. The second kappa shape index (κ2) is 9.16. The molecule has 3 aliphatic heterocycles. The summed E-state index contributed by atoms with van der Waals surface area (Å²) in [6, 6.07) is 13.6. The van der Waals surface area contributed by atoms with Gasteiger partial charge < -0.3 is 14.2 Å². The number of para-hydroxylation sites is 1. The number of hydrogen-bond donors (Lipinski definition) is 0. The molecular weight excluding hydrogens is 400 g/mol. The predicted octanol–water partition coefficient (Wildman–Crippen LogP) is 4.56. The molecule has 3 aliphatic rings. The molecule has 0 radical (unpaired) electrons. The van der Waals surface area contributed by atoms with Crippen LogP contribution in [-0.4, -0.2) is 62.8 Å². The van der Waals surface area contributed by atoms with Crippen molar-refractivity contribution in [3.63, 3.8) is 0 Å². The Labute approximate surface area is 191 Å². The van der Waals surface area contributed by atoms with Gasteiger partial charge in [-0.15, -0.1) is 0 Å². The van der Waals surface area contributed by atoms with Crippen molar-refractivity contribution in [1.29, 1.82) is 0 Å². The van der Waals surface area contributed by atoms with Crippen LogP contribution in [0.5, 0.6) is 17.2 Å². The number of benzene rings is 2. The summed E-state index contributed by atoms with van der Waals surface area (Å²) in [6.45, 7) is 7.42. The van der Waals surface area contributed by atoms with Gasteiger partial charge in [0.2, 0.25) is 0 Å². The highest BCUT2D eigenvalue weighted by Crippen LogP contribution is 2.39. The third kappa shape index (κ3) is 4.12. The van der Waals surface area contributed by atoms with E-state index in [4.69, 9.17) is 14.2 Å². The minimum absolute atomic E-state index is 0.382. The predicted molar refractivity (Wildman–Crippen MR) is 128 cm³/mol. The lowest BCUT2D eigenvalue weighted by atomic mass is 9.90. The molecule has 0 bridgehead atoms. The summed E-state index contributed by atoms with van der Waals surface area (Å²) in [7, 11) is 3.43. The molecular formula is C27H34N2O3. The van der Waals surface area contributed by atoms with E-state index >= 15 is 0 Å². The molecule has 0 amide bonds. The van der Waals surface area contributed by atoms with E-state index in [9.17, 15) is 0 Å². The van der Waals surface area contributed by atoms with Gasteiger partial charge in [0, 0.05) is 37.3 Å². The summed E-state index contributed by atoms with van der Waals surface area (Å²) in [4.78, 5) is 5.33. The minimum atomic E-state index is 0.382. The molecule has 5 nitrogen and oxygen atoms in total. The molecule has 0 N–H and O–H groups in total. The van der Waals surface area contributed by atoms with Crippen LogP contribution in [0.4, 0.5) is 0 Å². The quantitative estimate of drug-likeness (QED) is 0.689. The Morgan fingerprint density at radius 2 is 1.88 bits per heavy atom. The van der Waals surface area contributed by atoms with Crippen LogP contribution in [0.25, 0.3) is 6.08 Å². The monoisotopic (exact) mass is 434 g/mol. The van der Waals surface area contributed by atoms with Crippen LogP contribution in [0.3, 0.4) is 0 Å². The Morgan fingerprint density at radius 1 is 1.06 bits per heavy atom. The van der Waals surface area contributed by atoms with Crippen LogP contribution in [0, 0.1) is 0 Å². The summed E-state index contributed by atoms with van der Waals surface area (Å²) in [5, 5.41) is 0. The molecule has 5 rings (SSSR count). The maximum absolute atomic E-state index is 5.99. The SMILES string of the molecule is COc1cc2c(cc1OC)C(C)N(C1CCCN(CC3=Cc4ccccc4OC3)C1)CC2. The average molecular weight is 435 g/mol. The van der Waals surface area contributed by atoms with Crippen molar-refractivity contribution < 1.29 is 14.2 Å². The third-order valence-electron chi connectivity index (χ3n) is 7.30. The van der Waals surface area contributed by atoms with E-state index in [2.05, 4.69) is 53.1 Å². The van der Waals surface area contributed by atoms with E-state index in [0.717, 1.165) is 43.3 Å². The van der Waals surface area contributed by atoms with Gasteiger partial charge in [-0.05, 0) is 73.7 Å². The van der Waals surface area contributed by atoms with Crippen molar-refractivity contribution in [1.82, 2.24) is 9.80 Å². The lowest BCUT2D eigenvalue weighted by molar-refractivity contribution is 0.0667. The highest BCUT2D eigenvalue weighted by atomic mass is 16.5. The van der Waals surface area contributed by atoms with Gasteiger partial charge in [0.05, 0.1) is 14.2 Å². The van der Waals surface area contributed by atoms with Crippen LogP contribution < -0.4 is 14.2 Å². The first kappa shape index (κ1) is 21.4. The second-order valence-electron chi connectivity index (χ2n) is 9.23. The number of fused-ring (bicyclic) bond motifs is 2. The average Bonchev–Trinajstić information content (AvgIpc) is 2.83. The Balaban J connectivity index is 1.28. The van der Waals surface area contributed by atoms with E-state index in [0.29, 0.717) is 18.7 Å². The van der Waals surface area contributed by atoms with E-state index in [1.54, 1.807) is 14.2 Å². The second-order valence-corrected chi connectivity index (χ2v) is 9.23. The highest BCUT2D eigenvalue weighted by molar-refractivity contribution is 5.62. The fourth-order valence-corrected chi connectivity index (χ4v) is 5.65. The Hall–Kier alpha value is -2.50. The molecule has 170 valence electrons. The van der Waals surface area contributed by atoms with Crippen molar-refractivity contribution in [2.75, 3.05) is 47.0 Å². The lowest BCUT2D eigenvalue weighted by Crippen LogP contribution is -2.51. The number of hydrogen-bond acceptors (Lipinski definition) is 5. The summed E-state index contributed by atoms with van der Waals surface area (Å²) in [6.07, 6.45) is 5.90. The molecule has 0 saturated carbocycles. The molecule has 2 aromatic carbocycles. The molecule has 2 unspecified atom stereocenters. The summed E-state index contributed by atoms with van der Waals surface area (Å²) < 4.78 is 17.1. The normalized spacial score (nSPS) is 23.5. The first-order chi connectivity index (χ1) is 15.7. The van der Waals surface area contributed by atoms with Gasteiger partial charge in [-0.1, -0.05) is 18.2 Å². The van der Waals surface area contributed by atoms with E-state index in [1.807, 2.05) is 6.07 Å². The number of piperidine rings is 1. The number of ether oxygens (including phenoxy) is 3. The van der Waals surface area contributed by atoms with Crippen LogP contribution >= 0.6 is 0 Å². The highest BCUT2D eigenvalue weighted by Gasteiger charge is 2.33. The standard InChI is InChI=1S/C27H34N2O3/c1-19-24-15-27(31-3)26(30-2)14-21(24)10-12-29(19)23-8-6-11-28(17-23)16-20-13-22-7-4-5-9-25(22)32-18-20/h4-5,7,9,13-15,19,23H,6,8,10-12,16-18H2,1-3H3. The van der Waals surface area contributed by atoms with Crippen LogP contribution in [0.15, 0.2) is 42.0 Å². The zero-order valence-corrected chi connectivity index (χ0v) is 19.5. The molecule has 0 aliphatic carbocycles. The number of likely N-dealkylation sites (tertiary alicyclic amines) is 1. The van der Waals surface area contributed by atoms with E-state index in [-0.39, 0.29) is 0 Å². The first-order valence-electron chi connectivity index (χ1n) is 11.8. The maximum atomic E-state index is 5.99. The van der Waals surface area contributed by atoms with Gasteiger partial charge in [-0.3, -0.25) is 9.80 Å². The van der Waals surface area contributed by atoms with Gasteiger partial charge in [0.15, 0.2) is 11.5 Å². The van der Waals surface area contributed by atoms with Crippen molar-refractivity contribution in [2.45, 2.75) is 38.3 Å². The first-order valence-corrected chi connectivity index (χ1v) is 11.8.